The van der Waals surface area contributed by atoms with Crippen molar-refractivity contribution in [2.75, 3.05) is 5.32 Å². The number of rotatable bonds is 6. The van der Waals surface area contributed by atoms with Crippen molar-refractivity contribution in [1.82, 2.24) is 14.8 Å². The third-order valence-electron chi connectivity index (χ3n) is 6.78. The quantitative estimate of drug-likeness (QED) is 0.517. The van der Waals surface area contributed by atoms with Crippen LogP contribution < -0.4 is 10.1 Å². The molecule has 2 aliphatic rings. The van der Waals surface area contributed by atoms with Gasteiger partial charge in [0.05, 0.1) is 29.7 Å². The molecule has 2 heterocycles. The van der Waals surface area contributed by atoms with Crippen LogP contribution in [0.3, 0.4) is 0 Å². The minimum Gasteiger partial charge on any atom is -0.490 e. The van der Waals surface area contributed by atoms with E-state index in [1.165, 1.54) is 12.1 Å². The lowest BCUT2D eigenvalue weighted by Crippen LogP contribution is -2.27. The molecule has 1 unspecified atom stereocenters. The molecule has 5 atom stereocenters. The number of carbonyl (C=O) groups excluding carboxylic acids is 1. The Morgan fingerprint density at radius 1 is 1.27 bits per heavy atom. The van der Waals surface area contributed by atoms with Crippen LogP contribution in [0.5, 0.6) is 5.75 Å². The van der Waals surface area contributed by atoms with Crippen LogP contribution in [0.4, 0.5) is 23.2 Å². The first-order valence-corrected chi connectivity index (χ1v) is 10.9. The Labute approximate surface area is 186 Å². The van der Waals surface area contributed by atoms with Gasteiger partial charge in [0.2, 0.25) is 5.91 Å². The summed E-state index contributed by atoms with van der Waals surface area (Å²) in [5.41, 5.74) is 0.686. The van der Waals surface area contributed by atoms with Crippen molar-refractivity contribution in [2.24, 2.45) is 23.7 Å². The molecule has 33 heavy (non-hydrogen) atoms. The van der Waals surface area contributed by atoms with Gasteiger partial charge in [0.25, 0.3) is 0 Å². The number of aromatic nitrogens is 3. The fourth-order valence-corrected chi connectivity index (χ4v) is 5.30. The number of nitrogens with one attached hydrogen (secondary N) is 1. The number of amides is 1. The Hall–Kier alpha value is -3.17. The number of carbonyl (C=O) groups is 1. The van der Waals surface area contributed by atoms with E-state index in [4.69, 9.17) is 4.74 Å². The molecular weight excluding hydrogens is 440 g/mol. The maximum Gasteiger partial charge on any atom is 0.504 e. The standard InChI is InChI=1S/C23H22F4N4O2/c1-2-15(22(32)30-13-10-29-31(11-13)23(25,26)27)21-16-8-14(9-17(16)21)33-20-5-6-28-19-4-3-12(24)7-18(19)20/h3-7,10-11,14-17,21H,2,8-9H2,1H3,(H,30,32)/t14-,15?,16-,17+,21-. The van der Waals surface area contributed by atoms with Crippen molar-refractivity contribution >= 4 is 22.5 Å². The number of fused-ring (bicyclic) bond motifs is 2. The number of ether oxygens (including phenoxy) is 1. The van der Waals surface area contributed by atoms with E-state index in [2.05, 4.69) is 15.4 Å². The van der Waals surface area contributed by atoms with Crippen LogP contribution in [0.1, 0.15) is 26.2 Å². The highest BCUT2D eigenvalue weighted by Gasteiger charge is 2.60. The second-order valence-corrected chi connectivity index (χ2v) is 8.73. The van der Waals surface area contributed by atoms with Crippen LogP contribution in [0.15, 0.2) is 42.9 Å². The summed E-state index contributed by atoms with van der Waals surface area (Å²) in [7, 11) is 0. The summed E-state index contributed by atoms with van der Waals surface area (Å²) in [6, 6.07) is 6.11. The first-order valence-electron chi connectivity index (χ1n) is 10.9. The molecule has 2 aliphatic carbocycles. The average Bonchev–Trinajstić information content (AvgIpc) is 3.11. The number of alkyl halides is 3. The van der Waals surface area contributed by atoms with Crippen LogP contribution in [0.2, 0.25) is 0 Å². The Bertz CT molecular complexity index is 1180. The molecule has 2 saturated carbocycles. The molecule has 2 fully saturated rings. The lowest BCUT2D eigenvalue weighted by atomic mass is 9.93. The van der Waals surface area contributed by atoms with Crippen LogP contribution in [-0.2, 0) is 11.1 Å². The molecule has 10 heteroatoms. The highest BCUT2D eigenvalue weighted by atomic mass is 19.4. The Morgan fingerprint density at radius 2 is 2.03 bits per heavy atom. The van der Waals surface area contributed by atoms with E-state index in [9.17, 15) is 22.4 Å². The number of hydrogen-bond donors (Lipinski definition) is 1. The number of nitrogens with zero attached hydrogens (tertiary/aromatic N) is 3. The summed E-state index contributed by atoms with van der Waals surface area (Å²) in [6.07, 6.45) is 0.900. The van der Waals surface area contributed by atoms with Crippen molar-refractivity contribution < 1.29 is 27.1 Å². The molecule has 6 nitrogen and oxygen atoms in total. The van der Waals surface area contributed by atoms with Crippen molar-refractivity contribution in [1.29, 1.82) is 0 Å². The topological polar surface area (TPSA) is 69.0 Å². The van der Waals surface area contributed by atoms with Gasteiger partial charge < -0.3 is 10.1 Å². The maximum absolute atomic E-state index is 13.7. The molecule has 2 aromatic heterocycles. The molecule has 0 spiro atoms. The first-order chi connectivity index (χ1) is 15.7. The van der Waals surface area contributed by atoms with Crippen molar-refractivity contribution in [3.05, 3.63) is 48.7 Å². The molecule has 0 radical (unpaired) electrons. The van der Waals surface area contributed by atoms with Crippen LogP contribution in [0.25, 0.3) is 10.9 Å². The third-order valence-corrected chi connectivity index (χ3v) is 6.78. The third kappa shape index (κ3) is 4.14. The number of pyridine rings is 1. The van der Waals surface area contributed by atoms with E-state index in [1.54, 1.807) is 18.3 Å². The summed E-state index contributed by atoms with van der Waals surface area (Å²) in [4.78, 5) is 17.0. The predicted molar refractivity (Wildman–Crippen MR) is 112 cm³/mol. The highest BCUT2D eigenvalue weighted by Crippen LogP contribution is 2.62. The fraction of sp³-hybridized carbons (Fsp3) is 0.435. The first kappa shape index (κ1) is 21.7. The van der Waals surface area contributed by atoms with E-state index < -0.39 is 6.30 Å². The molecule has 0 saturated heterocycles. The van der Waals surface area contributed by atoms with Crippen molar-refractivity contribution in [3.63, 3.8) is 0 Å². The molecule has 5 rings (SSSR count). The van der Waals surface area contributed by atoms with Gasteiger partial charge in [-0.1, -0.05) is 6.92 Å². The van der Waals surface area contributed by atoms with Gasteiger partial charge in [0, 0.05) is 17.5 Å². The van der Waals surface area contributed by atoms with E-state index in [-0.39, 0.29) is 40.0 Å². The minimum absolute atomic E-state index is 0.0274. The van der Waals surface area contributed by atoms with E-state index in [0.29, 0.717) is 34.9 Å². The van der Waals surface area contributed by atoms with E-state index in [0.717, 1.165) is 25.2 Å². The lowest BCUT2D eigenvalue weighted by molar-refractivity contribution is -0.212. The van der Waals surface area contributed by atoms with Gasteiger partial charge in [-0.2, -0.15) is 9.78 Å². The highest BCUT2D eigenvalue weighted by molar-refractivity contribution is 5.92. The fourth-order valence-electron chi connectivity index (χ4n) is 5.30. The van der Waals surface area contributed by atoms with Crippen LogP contribution >= 0.6 is 0 Å². The normalized spacial score (nSPS) is 25.0. The summed E-state index contributed by atoms with van der Waals surface area (Å²) < 4.78 is 57.9. The van der Waals surface area contributed by atoms with Gasteiger partial charge >= 0.3 is 6.30 Å². The largest absolute Gasteiger partial charge is 0.504 e. The van der Waals surface area contributed by atoms with Gasteiger partial charge in [-0.05, 0) is 61.3 Å². The second kappa shape index (κ2) is 8.00. The molecule has 1 aromatic carbocycles. The number of halogens is 4. The zero-order chi connectivity index (χ0) is 23.3. The van der Waals surface area contributed by atoms with Gasteiger partial charge in [-0.3, -0.25) is 9.78 Å². The second-order valence-electron chi connectivity index (χ2n) is 8.73. The maximum atomic E-state index is 13.7. The van der Waals surface area contributed by atoms with Gasteiger partial charge in [0.15, 0.2) is 0 Å². The minimum atomic E-state index is -4.62. The molecule has 1 amide bonds. The summed E-state index contributed by atoms with van der Waals surface area (Å²) in [6.45, 7) is 1.91. The molecule has 174 valence electrons. The van der Waals surface area contributed by atoms with E-state index in [1.807, 2.05) is 6.92 Å². The Balaban J connectivity index is 1.21. The molecule has 1 N–H and O–H groups in total. The molecule has 0 bridgehead atoms. The molecule has 3 aromatic rings. The SMILES string of the molecule is CCC(C(=O)Nc1cnn(C(F)(F)F)c1)[C@@H]1[C@@H]2C[C@@H](Oc3ccnc4ccc(F)cc34)C[C@@H]21. The Kier molecular flexibility index (Phi) is 5.25. The van der Waals surface area contributed by atoms with Gasteiger partial charge in [-0.25, -0.2) is 4.39 Å². The number of anilines is 1. The predicted octanol–water partition coefficient (Wildman–Crippen LogP) is 5.12. The summed E-state index contributed by atoms with van der Waals surface area (Å²) in [5, 5.41) is 6.45. The van der Waals surface area contributed by atoms with E-state index >= 15 is 0 Å². The van der Waals surface area contributed by atoms with Crippen molar-refractivity contribution in [2.45, 2.75) is 38.6 Å². The van der Waals surface area contributed by atoms with Crippen LogP contribution in [0, 0.1) is 29.5 Å². The Morgan fingerprint density at radius 3 is 2.70 bits per heavy atom. The monoisotopic (exact) mass is 462 g/mol. The number of hydrogen-bond acceptors (Lipinski definition) is 4. The smallest absolute Gasteiger partial charge is 0.490 e. The van der Waals surface area contributed by atoms with Crippen LogP contribution in [-0.4, -0.2) is 26.8 Å². The van der Waals surface area contributed by atoms with Crippen molar-refractivity contribution in [3.8, 4) is 5.75 Å². The average molecular weight is 462 g/mol. The van der Waals surface area contributed by atoms with Gasteiger partial charge in [-0.15, -0.1) is 13.2 Å². The lowest BCUT2D eigenvalue weighted by Gasteiger charge is -2.21. The zero-order valence-electron chi connectivity index (χ0n) is 17.7. The summed E-state index contributed by atoms with van der Waals surface area (Å²) in [5.74, 6) is 0.500. The van der Waals surface area contributed by atoms with Gasteiger partial charge in [0.1, 0.15) is 11.6 Å². The summed E-state index contributed by atoms with van der Waals surface area (Å²) >= 11 is 0. The zero-order valence-corrected chi connectivity index (χ0v) is 17.7. The number of benzene rings is 1. The molecular formula is C23H22F4N4O2. The molecule has 0 aliphatic heterocycles.